The van der Waals surface area contributed by atoms with Gasteiger partial charge in [-0.25, -0.2) is 4.99 Å². The van der Waals surface area contributed by atoms with E-state index in [1.54, 1.807) is 0 Å². The van der Waals surface area contributed by atoms with Gasteiger partial charge >= 0.3 is 0 Å². The summed E-state index contributed by atoms with van der Waals surface area (Å²) in [6.07, 6.45) is 4.55. The fraction of sp³-hybridized carbons (Fsp3) is 0.625. The van der Waals surface area contributed by atoms with Gasteiger partial charge in [0, 0.05) is 6.42 Å². The predicted molar refractivity (Wildman–Crippen MR) is 50.8 cm³/mol. The molecule has 0 bridgehead atoms. The number of hydrogen-bond donors (Lipinski definition) is 1. The normalized spacial score (nSPS) is 13.7. The third kappa shape index (κ3) is 5.92. The van der Waals surface area contributed by atoms with E-state index in [0.29, 0.717) is 11.0 Å². The largest absolute Gasteiger partial charge is 0.387 e. The van der Waals surface area contributed by atoms with Gasteiger partial charge in [-0.3, -0.25) is 0 Å². The highest BCUT2D eigenvalue weighted by molar-refractivity contribution is 6.29. The summed E-state index contributed by atoms with van der Waals surface area (Å²) in [4.78, 5) is 3.98. The summed E-state index contributed by atoms with van der Waals surface area (Å²) in [5.74, 6) is 0.613. The smallest absolute Gasteiger partial charge is 0.127 e. The maximum atomic E-state index is 5.71. The third-order valence-corrected chi connectivity index (χ3v) is 1.37. The molecular weight excluding hydrogens is 160 g/mol. The highest BCUT2D eigenvalue weighted by Gasteiger charge is 1.90. The summed E-state index contributed by atoms with van der Waals surface area (Å²) in [6.45, 7) is 4.06. The van der Waals surface area contributed by atoms with Crippen LogP contribution in [0.3, 0.4) is 0 Å². The standard InChI is InChI=1S/C8H15ClN2/c1-3-5-7(9)11-8(10)6-4-2/h5H,3-4,6H2,1-2H3,(H2,10,11)/b7-5-. The molecule has 2 nitrogen and oxygen atoms in total. The van der Waals surface area contributed by atoms with Gasteiger partial charge in [0.25, 0.3) is 0 Å². The first-order valence-corrected chi connectivity index (χ1v) is 4.27. The molecule has 0 radical (unpaired) electrons. The van der Waals surface area contributed by atoms with E-state index in [0.717, 1.165) is 19.3 Å². The minimum atomic E-state index is 0.499. The number of rotatable bonds is 4. The highest BCUT2D eigenvalue weighted by atomic mass is 35.5. The number of nitrogens with zero attached hydrogens (tertiary/aromatic N) is 1. The van der Waals surface area contributed by atoms with Crippen molar-refractivity contribution < 1.29 is 0 Å². The summed E-state index contributed by atoms with van der Waals surface area (Å²) in [5.41, 5.74) is 5.54. The van der Waals surface area contributed by atoms with Crippen molar-refractivity contribution in [3.05, 3.63) is 11.2 Å². The number of halogens is 1. The van der Waals surface area contributed by atoms with Gasteiger partial charge in [-0.2, -0.15) is 0 Å². The van der Waals surface area contributed by atoms with Crippen molar-refractivity contribution in [3.63, 3.8) is 0 Å². The monoisotopic (exact) mass is 174 g/mol. The maximum Gasteiger partial charge on any atom is 0.127 e. The second kappa shape index (κ2) is 6.23. The minimum Gasteiger partial charge on any atom is -0.387 e. The second-order valence-electron chi connectivity index (χ2n) is 2.29. The van der Waals surface area contributed by atoms with Gasteiger partial charge in [0.1, 0.15) is 11.0 Å². The summed E-state index contributed by atoms with van der Waals surface area (Å²) in [7, 11) is 0. The van der Waals surface area contributed by atoms with Crippen molar-refractivity contribution in [1.82, 2.24) is 0 Å². The minimum absolute atomic E-state index is 0.499. The van der Waals surface area contributed by atoms with E-state index in [-0.39, 0.29) is 0 Å². The fourth-order valence-corrected chi connectivity index (χ4v) is 0.926. The van der Waals surface area contributed by atoms with Crippen LogP contribution in [0, 0.1) is 0 Å². The Morgan fingerprint density at radius 3 is 2.64 bits per heavy atom. The molecule has 0 aliphatic carbocycles. The van der Waals surface area contributed by atoms with Crippen LogP contribution in [-0.4, -0.2) is 5.84 Å². The molecule has 0 spiro atoms. The summed E-state index contributed by atoms with van der Waals surface area (Å²) < 4.78 is 0. The number of hydrogen-bond acceptors (Lipinski definition) is 1. The molecule has 0 heterocycles. The van der Waals surface area contributed by atoms with E-state index < -0.39 is 0 Å². The van der Waals surface area contributed by atoms with Crippen molar-refractivity contribution in [2.45, 2.75) is 33.1 Å². The molecule has 0 atom stereocenters. The Labute approximate surface area is 73.1 Å². The zero-order chi connectivity index (χ0) is 8.69. The van der Waals surface area contributed by atoms with Crippen LogP contribution in [0.5, 0.6) is 0 Å². The van der Waals surface area contributed by atoms with Gasteiger partial charge in [-0.05, 0) is 18.9 Å². The number of aliphatic imine (C=N–C) groups is 1. The van der Waals surface area contributed by atoms with Crippen LogP contribution in [0.2, 0.25) is 0 Å². The Balaban J connectivity index is 3.96. The van der Waals surface area contributed by atoms with Gasteiger partial charge in [-0.1, -0.05) is 25.4 Å². The van der Waals surface area contributed by atoms with Crippen molar-refractivity contribution in [3.8, 4) is 0 Å². The Morgan fingerprint density at radius 1 is 1.55 bits per heavy atom. The lowest BCUT2D eigenvalue weighted by Gasteiger charge is -1.95. The fourth-order valence-electron chi connectivity index (χ4n) is 0.663. The van der Waals surface area contributed by atoms with E-state index in [1.165, 1.54) is 0 Å². The van der Waals surface area contributed by atoms with Gasteiger partial charge in [-0.15, -0.1) is 0 Å². The lowest BCUT2D eigenvalue weighted by atomic mass is 10.3. The van der Waals surface area contributed by atoms with Crippen LogP contribution < -0.4 is 5.73 Å². The molecule has 0 aromatic carbocycles. The molecule has 0 rings (SSSR count). The summed E-state index contributed by atoms with van der Waals surface area (Å²) in [5, 5.41) is 0.499. The molecule has 0 aliphatic heterocycles. The maximum absolute atomic E-state index is 5.71. The van der Waals surface area contributed by atoms with Crippen LogP contribution in [0.25, 0.3) is 0 Å². The topological polar surface area (TPSA) is 38.4 Å². The molecule has 2 N–H and O–H groups in total. The third-order valence-electron chi connectivity index (χ3n) is 1.13. The van der Waals surface area contributed by atoms with Crippen molar-refractivity contribution in [2.75, 3.05) is 0 Å². The van der Waals surface area contributed by atoms with E-state index in [9.17, 15) is 0 Å². The lowest BCUT2D eigenvalue weighted by molar-refractivity contribution is 0.981. The zero-order valence-corrected chi connectivity index (χ0v) is 7.86. The molecule has 0 fully saturated rings. The van der Waals surface area contributed by atoms with Crippen LogP contribution in [0.4, 0.5) is 0 Å². The second-order valence-corrected chi connectivity index (χ2v) is 2.68. The van der Waals surface area contributed by atoms with Crippen molar-refractivity contribution >= 4 is 17.4 Å². The predicted octanol–water partition coefficient (Wildman–Crippen LogP) is 2.63. The average molecular weight is 175 g/mol. The quantitative estimate of drug-likeness (QED) is 0.397. The number of amidine groups is 1. The van der Waals surface area contributed by atoms with Gasteiger partial charge in [0.15, 0.2) is 0 Å². The van der Waals surface area contributed by atoms with E-state index >= 15 is 0 Å². The van der Waals surface area contributed by atoms with E-state index in [4.69, 9.17) is 17.3 Å². The van der Waals surface area contributed by atoms with Crippen molar-refractivity contribution in [1.29, 1.82) is 0 Å². The molecule has 0 unspecified atom stereocenters. The highest BCUT2D eigenvalue weighted by Crippen LogP contribution is 2.04. The summed E-state index contributed by atoms with van der Waals surface area (Å²) in [6, 6.07) is 0. The van der Waals surface area contributed by atoms with Crippen LogP contribution >= 0.6 is 11.6 Å². The Hall–Kier alpha value is -0.500. The molecule has 0 aromatic rings. The molecule has 3 heteroatoms. The first kappa shape index (κ1) is 10.5. The molecular formula is C8H15ClN2. The Bertz CT molecular complexity index is 161. The van der Waals surface area contributed by atoms with Gasteiger partial charge in [0.05, 0.1) is 0 Å². The van der Waals surface area contributed by atoms with Crippen LogP contribution in [-0.2, 0) is 0 Å². The molecule has 0 aliphatic rings. The van der Waals surface area contributed by atoms with Gasteiger partial charge in [0.2, 0.25) is 0 Å². The van der Waals surface area contributed by atoms with Gasteiger partial charge < -0.3 is 5.73 Å². The molecule has 11 heavy (non-hydrogen) atoms. The van der Waals surface area contributed by atoms with E-state index in [2.05, 4.69) is 11.9 Å². The first-order chi connectivity index (χ1) is 5.20. The Morgan fingerprint density at radius 2 is 2.18 bits per heavy atom. The van der Waals surface area contributed by atoms with Crippen molar-refractivity contribution in [2.24, 2.45) is 10.7 Å². The van der Waals surface area contributed by atoms with E-state index in [1.807, 2.05) is 13.0 Å². The number of nitrogens with two attached hydrogens (primary N) is 1. The lowest BCUT2D eigenvalue weighted by Crippen LogP contribution is -2.10. The molecule has 0 aromatic heterocycles. The molecule has 0 amide bonds. The molecule has 0 saturated carbocycles. The average Bonchev–Trinajstić information content (AvgIpc) is 1.87. The number of allylic oxidation sites excluding steroid dienone is 1. The molecule has 64 valence electrons. The zero-order valence-electron chi connectivity index (χ0n) is 7.10. The first-order valence-electron chi connectivity index (χ1n) is 3.89. The summed E-state index contributed by atoms with van der Waals surface area (Å²) >= 11 is 5.71. The van der Waals surface area contributed by atoms with Crippen LogP contribution in [0.1, 0.15) is 33.1 Å². The van der Waals surface area contributed by atoms with Crippen LogP contribution in [0.15, 0.2) is 16.2 Å². The molecule has 0 saturated heterocycles. The SMILES string of the molecule is CC/C=C(Cl)\N=C(\N)CCC. The Kier molecular flexibility index (Phi) is 5.94.